The number of carbonyl (C=O) groups excluding carboxylic acids is 1. The fourth-order valence-electron chi connectivity index (χ4n) is 2.13. The van der Waals surface area contributed by atoms with Gasteiger partial charge >= 0.3 is 0 Å². The molecule has 1 saturated heterocycles. The SMILES string of the molecule is O=C1CC(Br)CN1c1nc(Cl)nc2ccc(Br)cc12. The zero-order valence-electron chi connectivity index (χ0n) is 9.61. The average Bonchev–Trinajstić information content (AvgIpc) is 2.68. The van der Waals surface area contributed by atoms with Crippen molar-refractivity contribution in [2.45, 2.75) is 11.2 Å². The van der Waals surface area contributed by atoms with Crippen LogP contribution in [0.3, 0.4) is 0 Å². The topological polar surface area (TPSA) is 46.1 Å². The Morgan fingerprint density at radius 1 is 1.37 bits per heavy atom. The zero-order valence-corrected chi connectivity index (χ0v) is 13.5. The van der Waals surface area contributed by atoms with Crippen LogP contribution in [0.4, 0.5) is 5.82 Å². The molecule has 19 heavy (non-hydrogen) atoms. The highest BCUT2D eigenvalue weighted by atomic mass is 79.9. The Labute approximate surface area is 131 Å². The number of halogens is 3. The van der Waals surface area contributed by atoms with Crippen molar-refractivity contribution in [1.29, 1.82) is 0 Å². The van der Waals surface area contributed by atoms with Crippen molar-refractivity contribution in [3.05, 3.63) is 28.0 Å². The minimum atomic E-state index is 0.0397. The van der Waals surface area contributed by atoms with Crippen LogP contribution in [0.5, 0.6) is 0 Å². The lowest BCUT2D eigenvalue weighted by Gasteiger charge is -2.17. The molecule has 1 aliphatic rings. The molecule has 1 amide bonds. The van der Waals surface area contributed by atoms with Gasteiger partial charge in [0, 0.05) is 27.7 Å². The normalized spacial score (nSPS) is 19.4. The predicted molar refractivity (Wildman–Crippen MR) is 81.9 cm³/mol. The van der Waals surface area contributed by atoms with Crippen molar-refractivity contribution >= 4 is 66.1 Å². The van der Waals surface area contributed by atoms with E-state index in [9.17, 15) is 4.79 Å². The first-order valence-electron chi connectivity index (χ1n) is 5.62. The summed E-state index contributed by atoms with van der Waals surface area (Å²) in [6.07, 6.45) is 0.469. The fourth-order valence-corrected chi connectivity index (χ4v) is 3.23. The minimum Gasteiger partial charge on any atom is -0.295 e. The van der Waals surface area contributed by atoms with E-state index >= 15 is 0 Å². The fraction of sp³-hybridized carbons (Fsp3) is 0.250. The quantitative estimate of drug-likeness (QED) is 0.539. The molecule has 1 aliphatic heterocycles. The Hall–Kier alpha value is -0.720. The maximum atomic E-state index is 12.0. The number of hydrogen-bond donors (Lipinski definition) is 0. The summed E-state index contributed by atoms with van der Waals surface area (Å²) < 4.78 is 0.911. The van der Waals surface area contributed by atoms with E-state index in [1.807, 2.05) is 18.2 Å². The number of anilines is 1. The Morgan fingerprint density at radius 2 is 2.16 bits per heavy atom. The third kappa shape index (κ3) is 2.49. The number of aromatic nitrogens is 2. The van der Waals surface area contributed by atoms with Crippen LogP contribution in [0.15, 0.2) is 22.7 Å². The van der Waals surface area contributed by atoms with Crippen molar-refractivity contribution < 1.29 is 4.79 Å². The molecule has 0 aliphatic carbocycles. The molecular formula is C12H8Br2ClN3O. The van der Waals surface area contributed by atoms with Gasteiger partial charge in [-0.2, -0.15) is 4.98 Å². The molecule has 3 rings (SSSR count). The van der Waals surface area contributed by atoms with Crippen LogP contribution in [-0.2, 0) is 4.79 Å². The molecule has 0 bridgehead atoms. The van der Waals surface area contributed by atoms with Gasteiger partial charge in [0.05, 0.1) is 5.52 Å². The van der Waals surface area contributed by atoms with E-state index in [4.69, 9.17) is 11.6 Å². The van der Waals surface area contributed by atoms with E-state index in [1.54, 1.807) is 4.90 Å². The van der Waals surface area contributed by atoms with Crippen LogP contribution in [0.25, 0.3) is 10.9 Å². The zero-order chi connectivity index (χ0) is 13.6. The Kier molecular flexibility index (Phi) is 3.49. The summed E-state index contributed by atoms with van der Waals surface area (Å²) in [5.41, 5.74) is 0.726. The van der Waals surface area contributed by atoms with Gasteiger partial charge in [-0.15, -0.1) is 0 Å². The van der Waals surface area contributed by atoms with Crippen LogP contribution < -0.4 is 4.90 Å². The summed E-state index contributed by atoms with van der Waals surface area (Å²) in [4.78, 5) is 22.2. The smallest absolute Gasteiger partial charge is 0.229 e. The lowest BCUT2D eigenvalue weighted by Crippen LogP contribution is -2.26. The first kappa shape index (κ1) is 13.3. The second-order valence-corrected chi connectivity index (χ2v) is 6.83. The predicted octanol–water partition coefficient (Wildman–Crippen LogP) is 3.55. The minimum absolute atomic E-state index is 0.0397. The second-order valence-electron chi connectivity index (χ2n) is 4.28. The third-order valence-electron chi connectivity index (χ3n) is 2.94. The Bertz CT molecular complexity index is 679. The molecule has 4 nitrogen and oxygen atoms in total. The summed E-state index contributed by atoms with van der Waals surface area (Å²) in [5.74, 6) is 0.612. The molecule has 1 aromatic heterocycles. The highest BCUT2D eigenvalue weighted by Crippen LogP contribution is 2.31. The van der Waals surface area contributed by atoms with Gasteiger partial charge in [-0.3, -0.25) is 9.69 Å². The van der Waals surface area contributed by atoms with Crippen LogP contribution in [0.1, 0.15) is 6.42 Å². The first-order valence-corrected chi connectivity index (χ1v) is 7.70. The van der Waals surface area contributed by atoms with E-state index in [0.717, 1.165) is 15.4 Å². The molecule has 1 atom stereocenters. The molecule has 7 heteroatoms. The van der Waals surface area contributed by atoms with Gasteiger partial charge in [0.25, 0.3) is 0 Å². The van der Waals surface area contributed by atoms with Crippen molar-refractivity contribution in [1.82, 2.24) is 9.97 Å². The second kappa shape index (κ2) is 5.00. The molecule has 0 N–H and O–H groups in total. The van der Waals surface area contributed by atoms with Gasteiger partial charge in [0.15, 0.2) is 0 Å². The number of nitrogens with zero attached hydrogens (tertiary/aromatic N) is 3. The molecule has 1 fully saturated rings. The summed E-state index contributed by atoms with van der Waals surface area (Å²) >= 11 is 12.8. The van der Waals surface area contributed by atoms with Gasteiger partial charge in [-0.1, -0.05) is 31.9 Å². The van der Waals surface area contributed by atoms with E-state index in [1.165, 1.54) is 0 Å². The molecule has 98 valence electrons. The molecular weight excluding hydrogens is 397 g/mol. The summed E-state index contributed by atoms with van der Waals surface area (Å²) in [6.45, 7) is 0.591. The van der Waals surface area contributed by atoms with E-state index in [-0.39, 0.29) is 16.0 Å². The molecule has 1 aromatic carbocycles. The van der Waals surface area contributed by atoms with Gasteiger partial charge in [0.2, 0.25) is 11.2 Å². The maximum Gasteiger partial charge on any atom is 0.229 e. The van der Waals surface area contributed by atoms with Crippen molar-refractivity contribution in [3.63, 3.8) is 0 Å². The molecule has 0 spiro atoms. The van der Waals surface area contributed by atoms with Crippen LogP contribution >= 0.6 is 43.5 Å². The largest absolute Gasteiger partial charge is 0.295 e. The van der Waals surface area contributed by atoms with Gasteiger partial charge in [-0.25, -0.2) is 4.98 Å². The molecule has 2 heterocycles. The Balaban J connectivity index is 2.22. The van der Waals surface area contributed by atoms with Gasteiger partial charge in [-0.05, 0) is 29.8 Å². The number of hydrogen-bond acceptors (Lipinski definition) is 3. The third-order valence-corrected chi connectivity index (χ3v) is 4.22. The number of carbonyl (C=O) groups is 1. The number of fused-ring (bicyclic) bond motifs is 1. The van der Waals surface area contributed by atoms with Crippen LogP contribution in [-0.4, -0.2) is 27.2 Å². The summed E-state index contributed by atoms with van der Waals surface area (Å²) in [7, 11) is 0. The van der Waals surface area contributed by atoms with Crippen LogP contribution in [0, 0.1) is 0 Å². The monoisotopic (exact) mass is 403 g/mol. The van der Waals surface area contributed by atoms with Crippen molar-refractivity contribution in [2.24, 2.45) is 0 Å². The van der Waals surface area contributed by atoms with Gasteiger partial charge in [0.1, 0.15) is 5.82 Å². The molecule has 2 aromatic rings. The van der Waals surface area contributed by atoms with E-state index in [2.05, 4.69) is 41.8 Å². The van der Waals surface area contributed by atoms with Crippen LogP contribution in [0.2, 0.25) is 5.28 Å². The number of amides is 1. The highest BCUT2D eigenvalue weighted by Gasteiger charge is 2.31. The molecule has 0 saturated carbocycles. The van der Waals surface area contributed by atoms with Crippen molar-refractivity contribution in [2.75, 3.05) is 11.4 Å². The van der Waals surface area contributed by atoms with E-state index < -0.39 is 0 Å². The molecule has 1 unspecified atom stereocenters. The lowest BCUT2D eigenvalue weighted by molar-refractivity contribution is -0.117. The summed E-state index contributed by atoms with van der Waals surface area (Å²) in [6, 6.07) is 5.63. The average molecular weight is 405 g/mol. The standard InChI is InChI=1S/C12H8Br2ClN3O/c13-6-1-2-9-8(3-6)11(17-12(15)16-9)18-5-7(14)4-10(18)19/h1-3,7H,4-5H2. The Morgan fingerprint density at radius 3 is 2.84 bits per heavy atom. The lowest BCUT2D eigenvalue weighted by atomic mass is 10.2. The van der Waals surface area contributed by atoms with Crippen molar-refractivity contribution in [3.8, 4) is 0 Å². The first-order chi connectivity index (χ1) is 9.04. The number of alkyl halides is 1. The number of benzene rings is 1. The van der Waals surface area contributed by atoms with Gasteiger partial charge < -0.3 is 0 Å². The number of rotatable bonds is 1. The highest BCUT2D eigenvalue weighted by molar-refractivity contribution is 9.10. The van der Waals surface area contributed by atoms with E-state index in [0.29, 0.717) is 18.8 Å². The summed E-state index contributed by atoms with van der Waals surface area (Å²) in [5, 5.41) is 0.962. The molecule has 0 radical (unpaired) electrons. The maximum absolute atomic E-state index is 12.0.